The average molecular weight is 644 g/mol. The van der Waals surface area contributed by atoms with Crippen LogP contribution < -0.4 is 4.90 Å². The second-order valence-electron chi connectivity index (χ2n) is 12.5. The van der Waals surface area contributed by atoms with Crippen LogP contribution in [0.1, 0.15) is 0 Å². The molecule has 49 heavy (non-hydrogen) atoms. The molecule has 0 aliphatic heterocycles. The summed E-state index contributed by atoms with van der Waals surface area (Å²) in [5, 5.41) is 7.34. The van der Waals surface area contributed by atoms with Crippen molar-refractivity contribution in [2.75, 3.05) is 4.90 Å². The number of fused-ring (bicyclic) bond motifs is 7. The van der Waals surface area contributed by atoms with E-state index in [0.717, 1.165) is 50.1 Å². The number of anilines is 3. The van der Waals surface area contributed by atoms with Crippen LogP contribution in [0, 0.1) is 0 Å². The molecular weight excluding hydrogens is 615 g/mol. The van der Waals surface area contributed by atoms with Crippen molar-refractivity contribution in [3.8, 4) is 22.3 Å². The Morgan fingerprint density at radius 1 is 0.388 bits per heavy atom. The Balaban J connectivity index is 1.12. The molecule has 0 unspecified atom stereocenters. The number of para-hydroxylation sites is 2. The van der Waals surface area contributed by atoms with E-state index in [1.165, 1.54) is 42.1 Å². The van der Waals surface area contributed by atoms with Gasteiger partial charge in [0.2, 0.25) is 0 Å². The Morgan fingerprint density at radius 2 is 1.06 bits per heavy atom. The number of rotatable bonds is 5. The number of hydrogen-bond donors (Lipinski definition) is 0. The molecule has 0 saturated heterocycles. The first-order valence-corrected chi connectivity index (χ1v) is 17.4. The van der Waals surface area contributed by atoms with E-state index in [-0.39, 0.29) is 0 Å². The standard InChI is InChI=1S/C46H29NOS/c1-2-10-32-27-36(24-19-30(32)9-1)47(35-22-17-31(18-23-35)33-20-25-40-39-13-5-8-16-45(39)49-46(40)29-33)42-14-6-3-11-37(42)34-21-26-44-41(28-34)38-12-4-7-15-43(38)48-44/h1-29H. The molecule has 0 N–H and O–H groups in total. The molecule has 0 spiro atoms. The van der Waals surface area contributed by atoms with Crippen molar-refractivity contribution in [2.45, 2.75) is 0 Å². The summed E-state index contributed by atoms with van der Waals surface area (Å²) in [4.78, 5) is 2.39. The Bertz CT molecular complexity index is 2840. The zero-order valence-electron chi connectivity index (χ0n) is 26.5. The van der Waals surface area contributed by atoms with Crippen LogP contribution in [-0.4, -0.2) is 0 Å². The molecule has 2 aromatic heterocycles. The molecule has 3 heteroatoms. The van der Waals surface area contributed by atoms with Gasteiger partial charge < -0.3 is 9.32 Å². The van der Waals surface area contributed by atoms with E-state index in [1.807, 2.05) is 23.5 Å². The zero-order chi connectivity index (χ0) is 32.3. The first-order valence-electron chi connectivity index (χ1n) is 16.6. The van der Waals surface area contributed by atoms with Gasteiger partial charge in [-0.05, 0) is 88.1 Å². The first-order chi connectivity index (χ1) is 24.3. The van der Waals surface area contributed by atoms with Crippen molar-refractivity contribution >= 4 is 81.3 Å². The lowest BCUT2D eigenvalue weighted by atomic mass is 9.99. The second-order valence-corrected chi connectivity index (χ2v) is 13.6. The fraction of sp³-hybridized carbons (Fsp3) is 0. The number of furan rings is 1. The lowest BCUT2D eigenvalue weighted by molar-refractivity contribution is 0.669. The molecule has 8 aromatic carbocycles. The minimum absolute atomic E-state index is 0.901. The van der Waals surface area contributed by atoms with E-state index < -0.39 is 0 Å². The molecule has 0 atom stereocenters. The molecule has 230 valence electrons. The van der Waals surface area contributed by atoms with Gasteiger partial charge in [-0.25, -0.2) is 0 Å². The highest BCUT2D eigenvalue weighted by molar-refractivity contribution is 7.25. The van der Waals surface area contributed by atoms with E-state index in [9.17, 15) is 0 Å². The molecule has 0 saturated carbocycles. The van der Waals surface area contributed by atoms with Gasteiger partial charge in [0.15, 0.2) is 0 Å². The predicted molar refractivity (Wildman–Crippen MR) is 210 cm³/mol. The maximum Gasteiger partial charge on any atom is 0.135 e. The third-order valence-corrected chi connectivity index (χ3v) is 10.8. The summed E-state index contributed by atoms with van der Waals surface area (Å²) >= 11 is 1.86. The predicted octanol–water partition coefficient (Wildman–Crippen LogP) is 13.9. The monoisotopic (exact) mass is 643 g/mol. The summed E-state index contributed by atoms with van der Waals surface area (Å²) in [5.74, 6) is 0. The number of benzene rings is 8. The van der Waals surface area contributed by atoms with Crippen molar-refractivity contribution in [1.82, 2.24) is 0 Å². The first kappa shape index (κ1) is 27.9. The summed E-state index contributed by atoms with van der Waals surface area (Å²) in [6.07, 6.45) is 0. The normalized spacial score (nSPS) is 11.7. The number of thiophene rings is 1. The van der Waals surface area contributed by atoms with E-state index in [4.69, 9.17) is 4.42 Å². The molecule has 0 amide bonds. The Hall–Kier alpha value is -6.16. The minimum atomic E-state index is 0.901. The molecule has 0 radical (unpaired) electrons. The highest BCUT2D eigenvalue weighted by atomic mass is 32.1. The molecular formula is C46H29NOS. The molecule has 2 heterocycles. The molecule has 0 aliphatic rings. The van der Waals surface area contributed by atoms with Crippen LogP contribution in [0.2, 0.25) is 0 Å². The lowest BCUT2D eigenvalue weighted by Crippen LogP contribution is -2.11. The lowest BCUT2D eigenvalue weighted by Gasteiger charge is -2.28. The maximum atomic E-state index is 6.18. The maximum absolute atomic E-state index is 6.18. The second kappa shape index (κ2) is 11.2. The molecule has 10 rings (SSSR count). The van der Waals surface area contributed by atoms with E-state index in [1.54, 1.807) is 0 Å². The van der Waals surface area contributed by atoms with Gasteiger partial charge in [0.25, 0.3) is 0 Å². The summed E-state index contributed by atoms with van der Waals surface area (Å²) in [7, 11) is 0. The smallest absolute Gasteiger partial charge is 0.135 e. The third-order valence-electron chi connectivity index (χ3n) is 9.66. The van der Waals surface area contributed by atoms with Gasteiger partial charge in [-0.15, -0.1) is 11.3 Å². The summed E-state index contributed by atoms with van der Waals surface area (Å²) in [5.41, 5.74) is 9.87. The fourth-order valence-electron chi connectivity index (χ4n) is 7.26. The van der Waals surface area contributed by atoms with Crippen molar-refractivity contribution in [3.63, 3.8) is 0 Å². The summed E-state index contributed by atoms with van der Waals surface area (Å²) in [6.45, 7) is 0. The van der Waals surface area contributed by atoms with Crippen molar-refractivity contribution in [1.29, 1.82) is 0 Å². The van der Waals surface area contributed by atoms with Crippen LogP contribution in [-0.2, 0) is 0 Å². The van der Waals surface area contributed by atoms with Gasteiger partial charge >= 0.3 is 0 Å². The van der Waals surface area contributed by atoms with Gasteiger partial charge in [-0.2, -0.15) is 0 Å². The molecule has 0 fully saturated rings. The highest BCUT2D eigenvalue weighted by Crippen LogP contribution is 2.44. The van der Waals surface area contributed by atoms with E-state index in [0.29, 0.717) is 0 Å². The van der Waals surface area contributed by atoms with Crippen LogP contribution in [0.25, 0.3) is 75.1 Å². The van der Waals surface area contributed by atoms with E-state index in [2.05, 4.69) is 169 Å². The Kier molecular flexibility index (Phi) is 6.39. The minimum Gasteiger partial charge on any atom is -0.456 e. The summed E-state index contributed by atoms with van der Waals surface area (Å²) in [6, 6.07) is 63.4. The van der Waals surface area contributed by atoms with Crippen LogP contribution >= 0.6 is 11.3 Å². The molecule has 2 nitrogen and oxygen atoms in total. The van der Waals surface area contributed by atoms with Gasteiger partial charge in [0.05, 0.1) is 5.69 Å². The van der Waals surface area contributed by atoms with Crippen LogP contribution in [0.15, 0.2) is 180 Å². The quantitative estimate of drug-likeness (QED) is 0.186. The van der Waals surface area contributed by atoms with Gasteiger partial charge in [0, 0.05) is 47.9 Å². The zero-order valence-corrected chi connectivity index (χ0v) is 27.3. The average Bonchev–Trinajstić information content (AvgIpc) is 3.73. The highest BCUT2D eigenvalue weighted by Gasteiger charge is 2.19. The number of hydrogen-bond acceptors (Lipinski definition) is 3. The van der Waals surface area contributed by atoms with Crippen LogP contribution in [0.3, 0.4) is 0 Å². The van der Waals surface area contributed by atoms with Crippen LogP contribution in [0.5, 0.6) is 0 Å². The van der Waals surface area contributed by atoms with E-state index >= 15 is 0 Å². The summed E-state index contributed by atoms with van der Waals surface area (Å²) < 4.78 is 8.82. The van der Waals surface area contributed by atoms with Crippen molar-refractivity contribution in [3.05, 3.63) is 176 Å². The fourth-order valence-corrected chi connectivity index (χ4v) is 8.40. The van der Waals surface area contributed by atoms with Crippen LogP contribution in [0.4, 0.5) is 17.1 Å². The molecule has 10 aromatic rings. The Morgan fingerprint density at radius 3 is 1.98 bits per heavy atom. The van der Waals surface area contributed by atoms with Crippen molar-refractivity contribution in [2.24, 2.45) is 0 Å². The Labute approximate surface area is 287 Å². The van der Waals surface area contributed by atoms with Gasteiger partial charge in [0.1, 0.15) is 11.2 Å². The molecule has 0 bridgehead atoms. The SMILES string of the molecule is c1ccc(N(c2ccc(-c3ccc4c(c3)sc3ccccc34)cc2)c2ccc3ccccc3c2)c(-c2ccc3oc4ccccc4c3c2)c1. The topological polar surface area (TPSA) is 16.4 Å². The third kappa shape index (κ3) is 4.70. The van der Waals surface area contributed by atoms with Gasteiger partial charge in [-0.3, -0.25) is 0 Å². The number of nitrogens with zero attached hydrogens (tertiary/aromatic N) is 1. The van der Waals surface area contributed by atoms with Gasteiger partial charge in [-0.1, -0.05) is 115 Å². The largest absolute Gasteiger partial charge is 0.456 e. The van der Waals surface area contributed by atoms with Crippen molar-refractivity contribution < 1.29 is 4.42 Å². The molecule has 0 aliphatic carbocycles.